The Bertz CT molecular complexity index is 782. The second-order valence-corrected chi connectivity index (χ2v) is 6.04. The number of halogens is 1. The highest BCUT2D eigenvalue weighted by Crippen LogP contribution is 2.29. The summed E-state index contributed by atoms with van der Waals surface area (Å²) in [5, 5.41) is 0.731. The molecular weight excluding hydrogens is 312 g/mol. The van der Waals surface area contributed by atoms with Gasteiger partial charge in [-0.15, -0.1) is 0 Å². The average molecular weight is 329 g/mol. The van der Waals surface area contributed by atoms with Crippen molar-refractivity contribution in [1.29, 1.82) is 0 Å². The molecule has 3 heterocycles. The zero-order chi connectivity index (χ0) is 15.6. The molecule has 0 saturated carbocycles. The monoisotopic (exact) mass is 328 g/mol. The summed E-state index contributed by atoms with van der Waals surface area (Å²) in [4.78, 5) is 2.27. The van der Waals surface area contributed by atoms with E-state index in [2.05, 4.69) is 21.7 Å². The molecule has 1 aliphatic rings. The van der Waals surface area contributed by atoms with Crippen LogP contribution < -0.4 is 0 Å². The molecule has 0 bridgehead atoms. The molecular formula is C18H17ClN2O2. The maximum atomic E-state index is 6.07. The minimum absolute atomic E-state index is 0.0412. The van der Waals surface area contributed by atoms with Crippen LogP contribution in [0.25, 0.3) is 5.69 Å². The highest BCUT2D eigenvalue weighted by atomic mass is 35.5. The lowest BCUT2D eigenvalue weighted by atomic mass is 10.2. The molecule has 3 aromatic rings. The molecule has 1 aliphatic heterocycles. The molecule has 1 atom stereocenters. The summed E-state index contributed by atoms with van der Waals surface area (Å²) >= 11 is 6.07. The molecule has 1 aromatic carbocycles. The first-order valence-corrected chi connectivity index (χ1v) is 7.99. The molecule has 0 radical (unpaired) electrons. The molecule has 118 valence electrons. The molecule has 1 unspecified atom stereocenters. The Kier molecular flexibility index (Phi) is 3.95. The van der Waals surface area contributed by atoms with Gasteiger partial charge in [-0.3, -0.25) is 4.90 Å². The van der Waals surface area contributed by atoms with Gasteiger partial charge in [-0.25, -0.2) is 0 Å². The number of benzene rings is 1. The van der Waals surface area contributed by atoms with Crippen molar-refractivity contribution in [3.8, 4) is 5.69 Å². The van der Waals surface area contributed by atoms with Crippen molar-refractivity contribution < 1.29 is 9.15 Å². The maximum Gasteiger partial charge on any atom is 0.138 e. The Hall–Kier alpha value is -2.01. The molecule has 0 amide bonds. The zero-order valence-electron chi connectivity index (χ0n) is 12.6. The van der Waals surface area contributed by atoms with Crippen molar-refractivity contribution in [2.45, 2.75) is 12.8 Å². The van der Waals surface area contributed by atoms with Gasteiger partial charge in [0.05, 0.1) is 19.4 Å². The highest BCUT2D eigenvalue weighted by Gasteiger charge is 2.28. The van der Waals surface area contributed by atoms with Crippen LogP contribution in [-0.2, 0) is 11.3 Å². The van der Waals surface area contributed by atoms with E-state index in [9.17, 15) is 0 Å². The van der Waals surface area contributed by atoms with Crippen LogP contribution in [0.5, 0.6) is 0 Å². The SMILES string of the molecule is Clc1cccc(-n2ccc(C3OCCN3Cc3ccco3)c2)c1. The molecule has 0 spiro atoms. The first kappa shape index (κ1) is 14.6. The van der Waals surface area contributed by atoms with Crippen molar-refractivity contribution in [3.63, 3.8) is 0 Å². The van der Waals surface area contributed by atoms with E-state index in [-0.39, 0.29) is 6.23 Å². The third kappa shape index (κ3) is 3.06. The minimum Gasteiger partial charge on any atom is -0.468 e. The average Bonchev–Trinajstić information content (AvgIpc) is 3.29. The van der Waals surface area contributed by atoms with Gasteiger partial charge in [0, 0.05) is 35.2 Å². The van der Waals surface area contributed by atoms with E-state index in [4.69, 9.17) is 20.8 Å². The molecule has 5 heteroatoms. The number of rotatable bonds is 4. The first-order chi connectivity index (χ1) is 11.3. The fourth-order valence-electron chi connectivity index (χ4n) is 2.93. The number of hydrogen-bond acceptors (Lipinski definition) is 3. The number of hydrogen-bond donors (Lipinski definition) is 0. The van der Waals surface area contributed by atoms with Gasteiger partial charge in [0.25, 0.3) is 0 Å². The topological polar surface area (TPSA) is 30.5 Å². The van der Waals surface area contributed by atoms with Crippen molar-refractivity contribution in [2.24, 2.45) is 0 Å². The van der Waals surface area contributed by atoms with Crippen LogP contribution in [-0.4, -0.2) is 22.6 Å². The molecule has 0 aliphatic carbocycles. The molecule has 2 aromatic heterocycles. The van der Waals surface area contributed by atoms with E-state index in [0.717, 1.165) is 41.7 Å². The van der Waals surface area contributed by atoms with Crippen LogP contribution in [0.3, 0.4) is 0 Å². The van der Waals surface area contributed by atoms with Crippen LogP contribution in [0.2, 0.25) is 5.02 Å². The third-order valence-corrected chi connectivity index (χ3v) is 4.27. The number of furan rings is 1. The van der Waals surface area contributed by atoms with Gasteiger partial charge in [-0.05, 0) is 36.4 Å². The summed E-state index contributed by atoms with van der Waals surface area (Å²) in [6, 6.07) is 13.8. The van der Waals surface area contributed by atoms with Gasteiger partial charge < -0.3 is 13.7 Å². The van der Waals surface area contributed by atoms with E-state index < -0.39 is 0 Å². The molecule has 0 N–H and O–H groups in total. The smallest absolute Gasteiger partial charge is 0.138 e. The predicted octanol–water partition coefficient (Wildman–Crippen LogP) is 4.25. The summed E-state index contributed by atoms with van der Waals surface area (Å²) in [6.07, 6.45) is 5.79. The van der Waals surface area contributed by atoms with Gasteiger partial charge in [0.1, 0.15) is 12.0 Å². The van der Waals surface area contributed by atoms with Crippen LogP contribution in [0.15, 0.2) is 65.5 Å². The molecule has 1 fully saturated rings. The molecule has 23 heavy (non-hydrogen) atoms. The zero-order valence-corrected chi connectivity index (χ0v) is 13.3. The largest absolute Gasteiger partial charge is 0.468 e. The van der Waals surface area contributed by atoms with E-state index in [0.29, 0.717) is 0 Å². The third-order valence-electron chi connectivity index (χ3n) is 4.03. The lowest BCUT2D eigenvalue weighted by molar-refractivity contribution is 0.0259. The van der Waals surface area contributed by atoms with Crippen molar-refractivity contribution in [1.82, 2.24) is 9.47 Å². The normalized spacial score (nSPS) is 18.6. The van der Waals surface area contributed by atoms with Crippen LogP contribution >= 0.6 is 11.6 Å². The summed E-state index contributed by atoms with van der Waals surface area (Å²) in [6.45, 7) is 2.38. The predicted molar refractivity (Wildman–Crippen MR) is 88.6 cm³/mol. The summed E-state index contributed by atoms with van der Waals surface area (Å²) in [5.41, 5.74) is 2.17. The summed E-state index contributed by atoms with van der Waals surface area (Å²) < 4.78 is 13.4. The van der Waals surface area contributed by atoms with Gasteiger partial charge >= 0.3 is 0 Å². The Morgan fingerprint density at radius 3 is 2.96 bits per heavy atom. The summed E-state index contributed by atoms with van der Waals surface area (Å²) in [7, 11) is 0. The number of nitrogens with zero attached hydrogens (tertiary/aromatic N) is 2. The fourth-order valence-corrected chi connectivity index (χ4v) is 3.12. The summed E-state index contributed by atoms with van der Waals surface area (Å²) in [5.74, 6) is 0.953. The first-order valence-electron chi connectivity index (χ1n) is 7.61. The Morgan fingerprint density at radius 2 is 2.13 bits per heavy atom. The van der Waals surface area contributed by atoms with Gasteiger partial charge in [0.15, 0.2) is 0 Å². The quantitative estimate of drug-likeness (QED) is 0.717. The Labute approximate surface area is 139 Å². The standard InChI is InChI=1S/C18H17ClN2O2/c19-15-3-1-4-16(11-15)20-7-6-14(12-20)18-21(8-10-23-18)13-17-5-2-9-22-17/h1-7,9,11-12,18H,8,10,13H2. The van der Waals surface area contributed by atoms with Crippen LogP contribution in [0.4, 0.5) is 0 Å². The molecule has 4 rings (SSSR count). The van der Waals surface area contributed by atoms with Crippen molar-refractivity contribution >= 4 is 11.6 Å². The van der Waals surface area contributed by atoms with Crippen molar-refractivity contribution in [2.75, 3.05) is 13.2 Å². The molecule has 4 nitrogen and oxygen atoms in total. The lowest BCUT2D eigenvalue weighted by Crippen LogP contribution is -2.22. The molecule has 1 saturated heterocycles. The van der Waals surface area contributed by atoms with Crippen LogP contribution in [0, 0.1) is 0 Å². The van der Waals surface area contributed by atoms with Gasteiger partial charge in [-0.1, -0.05) is 17.7 Å². The van der Waals surface area contributed by atoms with E-state index >= 15 is 0 Å². The van der Waals surface area contributed by atoms with Crippen molar-refractivity contribution in [3.05, 3.63) is 77.5 Å². The van der Waals surface area contributed by atoms with E-state index in [1.165, 1.54) is 0 Å². The van der Waals surface area contributed by atoms with Gasteiger partial charge in [-0.2, -0.15) is 0 Å². The number of ether oxygens (including phenoxy) is 1. The second-order valence-electron chi connectivity index (χ2n) is 5.60. The van der Waals surface area contributed by atoms with Gasteiger partial charge in [0.2, 0.25) is 0 Å². The Morgan fingerprint density at radius 1 is 1.17 bits per heavy atom. The lowest BCUT2D eigenvalue weighted by Gasteiger charge is -2.21. The second kappa shape index (κ2) is 6.24. The number of aromatic nitrogens is 1. The minimum atomic E-state index is -0.0412. The highest BCUT2D eigenvalue weighted by molar-refractivity contribution is 6.30. The van der Waals surface area contributed by atoms with E-state index in [1.807, 2.05) is 42.6 Å². The van der Waals surface area contributed by atoms with E-state index in [1.54, 1.807) is 6.26 Å². The van der Waals surface area contributed by atoms with Crippen LogP contribution in [0.1, 0.15) is 17.6 Å². The Balaban J connectivity index is 1.55. The maximum absolute atomic E-state index is 6.07. The fraction of sp³-hybridized carbons (Fsp3) is 0.222.